The molecular formula is C11H22N4O. The quantitative estimate of drug-likeness (QED) is 0.641. The van der Waals surface area contributed by atoms with E-state index in [4.69, 9.17) is 4.74 Å². The highest BCUT2D eigenvalue weighted by Crippen LogP contribution is 1.92. The zero-order valence-electron chi connectivity index (χ0n) is 10.3. The van der Waals surface area contributed by atoms with Crippen LogP contribution in [0.25, 0.3) is 0 Å². The number of unbranched alkanes of at least 4 members (excludes halogenated alkanes) is 1. The van der Waals surface area contributed by atoms with Crippen LogP contribution in [0.1, 0.15) is 31.9 Å². The standard InChI is InChI=1S/C11H22N4O/c1-3-4-7-16-8-5-6-12-9-11-10-13-14-15(11)2/h10,12H,3-9H2,1-2H3. The van der Waals surface area contributed by atoms with E-state index in [9.17, 15) is 0 Å². The largest absolute Gasteiger partial charge is 0.381 e. The maximum Gasteiger partial charge on any atom is 0.0738 e. The van der Waals surface area contributed by atoms with Crippen molar-refractivity contribution in [3.63, 3.8) is 0 Å². The SMILES string of the molecule is CCCCOCCCNCc1cnnn1C. The average Bonchev–Trinajstić information content (AvgIpc) is 2.68. The molecule has 0 spiro atoms. The number of aromatic nitrogens is 3. The highest BCUT2D eigenvalue weighted by Gasteiger charge is 1.97. The van der Waals surface area contributed by atoms with Gasteiger partial charge in [0.25, 0.3) is 0 Å². The van der Waals surface area contributed by atoms with Crippen molar-refractivity contribution in [1.29, 1.82) is 0 Å². The van der Waals surface area contributed by atoms with Crippen LogP contribution in [0.5, 0.6) is 0 Å². The Morgan fingerprint density at radius 2 is 2.19 bits per heavy atom. The van der Waals surface area contributed by atoms with Crippen LogP contribution >= 0.6 is 0 Å². The van der Waals surface area contributed by atoms with E-state index in [-0.39, 0.29) is 0 Å². The molecular weight excluding hydrogens is 204 g/mol. The summed E-state index contributed by atoms with van der Waals surface area (Å²) in [6, 6.07) is 0. The summed E-state index contributed by atoms with van der Waals surface area (Å²) < 4.78 is 7.25. The topological polar surface area (TPSA) is 52.0 Å². The van der Waals surface area contributed by atoms with Crippen LogP contribution in [0.3, 0.4) is 0 Å². The third kappa shape index (κ3) is 5.23. The third-order valence-corrected chi connectivity index (χ3v) is 2.40. The van der Waals surface area contributed by atoms with Gasteiger partial charge >= 0.3 is 0 Å². The van der Waals surface area contributed by atoms with Gasteiger partial charge in [0.1, 0.15) is 0 Å². The Morgan fingerprint density at radius 3 is 2.88 bits per heavy atom. The number of nitrogens with zero attached hydrogens (tertiary/aromatic N) is 3. The Balaban J connectivity index is 1.91. The third-order valence-electron chi connectivity index (χ3n) is 2.40. The molecule has 16 heavy (non-hydrogen) atoms. The maximum atomic E-state index is 5.47. The molecule has 0 radical (unpaired) electrons. The van der Waals surface area contributed by atoms with Crippen molar-refractivity contribution in [3.8, 4) is 0 Å². The summed E-state index contributed by atoms with van der Waals surface area (Å²) in [5.74, 6) is 0. The van der Waals surface area contributed by atoms with E-state index >= 15 is 0 Å². The molecule has 0 unspecified atom stereocenters. The van der Waals surface area contributed by atoms with Gasteiger partial charge in [0.15, 0.2) is 0 Å². The van der Waals surface area contributed by atoms with Crippen LogP contribution in [0.4, 0.5) is 0 Å². The molecule has 1 rings (SSSR count). The molecule has 5 heteroatoms. The summed E-state index contributed by atoms with van der Waals surface area (Å²) >= 11 is 0. The molecule has 0 amide bonds. The van der Waals surface area contributed by atoms with Gasteiger partial charge in [-0.2, -0.15) is 0 Å². The molecule has 0 aromatic carbocycles. The molecule has 5 nitrogen and oxygen atoms in total. The minimum atomic E-state index is 0.818. The van der Waals surface area contributed by atoms with Crippen molar-refractivity contribution in [1.82, 2.24) is 20.3 Å². The number of rotatable bonds is 9. The first-order valence-corrected chi connectivity index (χ1v) is 5.96. The van der Waals surface area contributed by atoms with E-state index in [1.807, 2.05) is 7.05 Å². The van der Waals surface area contributed by atoms with Gasteiger partial charge in [-0.15, -0.1) is 5.10 Å². The van der Waals surface area contributed by atoms with Crippen molar-refractivity contribution in [2.75, 3.05) is 19.8 Å². The second-order valence-electron chi connectivity index (χ2n) is 3.85. The van der Waals surface area contributed by atoms with Gasteiger partial charge in [-0.25, -0.2) is 0 Å². The molecule has 0 aliphatic rings. The highest BCUT2D eigenvalue weighted by molar-refractivity contribution is 4.91. The van der Waals surface area contributed by atoms with E-state index in [1.54, 1.807) is 10.9 Å². The second-order valence-corrected chi connectivity index (χ2v) is 3.85. The van der Waals surface area contributed by atoms with Crippen LogP contribution in [-0.2, 0) is 18.3 Å². The predicted octanol–water partition coefficient (Wildman–Crippen LogP) is 1.11. The molecule has 1 aromatic rings. The van der Waals surface area contributed by atoms with E-state index < -0.39 is 0 Å². The van der Waals surface area contributed by atoms with Crippen molar-refractivity contribution >= 4 is 0 Å². The van der Waals surface area contributed by atoms with Gasteiger partial charge in [-0.3, -0.25) is 4.68 Å². The Hall–Kier alpha value is -0.940. The average molecular weight is 226 g/mol. The molecule has 0 aliphatic heterocycles. The summed E-state index contributed by atoms with van der Waals surface area (Å²) in [7, 11) is 1.90. The minimum Gasteiger partial charge on any atom is -0.381 e. The van der Waals surface area contributed by atoms with Crippen molar-refractivity contribution in [3.05, 3.63) is 11.9 Å². The highest BCUT2D eigenvalue weighted by atomic mass is 16.5. The zero-order valence-corrected chi connectivity index (χ0v) is 10.3. The molecule has 0 fully saturated rings. The van der Waals surface area contributed by atoms with Gasteiger partial charge in [0.2, 0.25) is 0 Å². The van der Waals surface area contributed by atoms with Crippen LogP contribution in [0.15, 0.2) is 6.20 Å². The summed E-state index contributed by atoms with van der Waals surface area (Å²) in [5, 5.41) is 11.0. The number of ether oxygens (including phenoxy) is 1. The zero-order chi connectivity index (χ0) is 11.6. The lowest BCUT2D eigenvalue weighted by Crippen LogP contribution is -2.18. The van der Waals surface area contributed by atoms with E-state index in [0.717, 1.165) is 44.8 Å². The number of aryl methyl sites for hydroxylation is 1. The van der Waals surface area contributed by atoms with Crippen LogP contribution in [-0.4, -0.2) is 34.8 Å². The fourth-order valence-corrected chi connectivity index (χ4v) is 1.34. The van der Waals surface area contributed by atoms with E-state index in [0.29, 0.717) is 0 Å². The van der Waals surface area contributed by atoms with Crippen molar-refractivity contribution < 1.29 is 4.74 Å². The molecule has 0 aliphatic carbocycles. The Morgan fingerprint density at radius 1 is 1.38 bits per heavy atom. The lowest BCUT2D eigenvalue weighted by atomic mass is 10.3. The molecule has 0 bridgehead atoms. The van der Waals surface area contributed by atoms with Gasteiger partial charge < -0.3 is 10.1 Å². The Kier molecular flexibility index (Phi) is 6.76. The van der Waals surface area contributed by atoms with Crippen molar-refractivity contribution in [2.24, 2.45) is 7.05 Å². The molecule has 92 valence electrons. The first-order valence-electron chi connectivity index (χ1n) is 5.96. The van der Waals surface area contributed by atoms with Crippen molar-refractivity contribution in [2.45, 2.75) is 32.7 Å². The second kappa shape index (κ2) is 8.24. The smallest absolute Gasteiger partial charge is 0.0738 e. The first kappa shape index (κ1) is 13.1. The monoisotopic (exact) mass is 226 g/mol. The summed E-state index contributed by atoms with van der Waals surface area (Å²) in [5.41, 5.74) is 1.10. The first-order chi connectivity index (χ1) is 7.84. The van der Waals surface area contributed by atoms with Gasteiger partial charge in [-0.05, 0) is 19.4 Å². The summed E-state index contributed by atoms with van der Waals surface area (Å²) in [4.78, 5) is 0. The Bertz CT molecular complexity index is 275. The summed E-state index contributed by atoms with van der Waals surface area (Å²) in [6.45, 7) is 5.70. The van der Waals surface area contributed by atoms with E-state index in [2.05, 4.69) is 22.6 Å². The maximum absolute atomic E-state index is 5.47. The van der Waals surface area contributed by atoms with Gasteiger partial charge in [0.05, 0.1) is 11.9 Å². The minimum absolute atomic E-state index is 0.818. The number of nitrogens with one attached hydrogen (secondary N) is 1. The predicted molar refractivity (Wildman–Crippen MR) is 63.1 cm³/mol. The number of hydrogen-bond donors (Lipinski definition) is 1. The number of hydrogen-bond acceptors (Lipinski definition) is 4. The van der Waals surface area contributed by atoms with E-state index in [1.165, 1.54) is 6.42 Å². The fourth-order valence-electron chi connectivity index (χ4n) is 1.34. The molecule has 1 N–H and O–H groups in total. The molecule has 1 heterocycles. The Labute approximate surface area is 97.2 Å². The normalized spacial score (nSPS) is 10.9. The van der Waals surface area contributed by atoms with Crippen LogP contribution < -0.4 is 5.32 Å². The lowest BCUT2D eigenvalue weighted by molar-refractivity contribution is 0.128. The fraction of sp³-hybridized carbons (Fsp3) is 0.818. The molecule has 1 aromatic heterocycles. The van der Waals surface area contributed by atoms with Crippen LogP contribution in [0.2, 0.25) is 0 Å². The van der Waals surface area contributed by atoms with Gasteiger partial charge in [-0.1, -0.05) is 18.6 Å². The van der Waals surface area contributed by atoms with Crippen LogP contribution in [0, 0.1) is 0 Å². The molecule has 0 atom stereocenters. The summed E-state index contributed by atoms with van der Waals surface area (Å²) in [6.07, 6.45) is 5.19. The molecule has 0 saturated heterocycles. The van der Waals surface area contributed by atoms with Gasteiger partial charge in [0, 0.05) is 26.8 Å². The molecule has 0 saturated carbocycles. The lowest BCUT2D eigenvalue weighted by Gasteiger charge is -2.05.